The highest BCUT2D eigenvalue weighted by atomic mass is 16.2. The van der Waals surface area contributed by atoms with Crippen molar-refractivity contribution < 1.29 is 4.79 Å². The monoisotopic (exact) mass is 268 g/mol. The van der Waals surface area contributed by atoms with E-state index in [0.717, 1.165) is 17.7 Å². The minimum atomic E-state index is -0.522. The number of pyridine rings is 1. The fraction of sp³-hybridized carbons (Fsp3) is 0.294. The molecule has 0 aliphatic rings. The second kappa shape index (κ2) is 6.33. The summed E-state index contributed by atoms with van der Waals surface area (Å²) in [6, 6.07) is 15.7. The van der Waals surface area contributed by atoms with Gasteiger partial charge in [-0.2, -0.15) is 0 Å². The zero-order valence-corrected chi connectivity index (χ0v) is 12.0. The van der Waals surface area contributed by atoms with Crippen LogP contribution in [0.25, 0.3) is 0 Å². The standard InChI is InChI=1S/C17H20N2O/c1-17(2,14-8-4-3-5-9-14)16(20)19-13-11-15-10-6-7-12-18-15/h3-10,12H,11,13H2,1-2H3,(H,19,20). The van der Waals surface area contributed by atoms with Gasteiger partial charge in [-0.3, -0.25) is 9.78 Å². The van der Waals surface area contributed by atoms with Crippen molar-refractivity contribution in [3.8, 4) is 0 Å². The lowest BCUT2D eigenvalue weighted by atomic mass is 9.84. The van der Waals surface area contributed by atoms with Crippen LogP contribution in [-0.4, -0.2) is 17.4 Å². The molecule has 0 unspecified atom stereocenters. The summed E-state index contributed by atoms with van der Waals surface area (Å²) in [6.45, 7) is 4.49. The van der Waals surface area contributed by atoms with Crippen molar-refractivity contribution >= 4 is 5.91 Å². The summed E-state index contributed by atoms with van der Waals surface area (Å²) in [7, 11) is 0. The van der Waals surface area contributed by atoms with Crippen LogP contribution >= 0.6 is 0 Å². The molecule has 2 aromatic rings. The van der Waals surface area contributed by atoms with Crippen LogP contribution in [0.3, 0.4) is 0 Å². The third kappa shape index (κ3) is 3.44. The zero-order chi connectivity index (χ0) is 14.4. The molecule has 1 N–H and O–H groups in total. The van der Waals surface area contributed by atoms with E-state index in [1.165, 1.54) is 0 Å². The number of nitrogens with zero attached hydrogens (tertiary/aromatic N) is 1. The van der Waals surface area contributed by atoms with Crippen molar-refractivity contribution in [2.24, 2.45) is 0 Å². The van der Waals surface area contributed by atoms with Crippen molar-refractivity contribution in [2.45, 2.75) is 25.7 Å². The van der Waals surface area contributed by atoms with Crippen LogP contribution in [0.5, 0.6) is 0 Å². The third-order valence-electron chi connectivity index (χ3n) is 3.46. The highest BCUT2D eigenvalue weighted by molar-refractivity contribution is 5.87. The van der Waals surface area contributed by atoms with Crippen molar-refractivity contribution in [2.75, 3.05) is 6.54 Å². The molecule has 0 saturated carbocycles. The molecule has 0 radical (unpaired) electrons. The van der Waals surface area contributed by atoms with E-state index in [4.69, 9.17) is 0 Å². The Kier molecular flexibility index (Phi) is 4.51. The number of hydrogen-bond donors (Lipinski definition) is 1. The molecule has 0 spiro atoms. The number of hydrogen-bond acceptors (Lipinski definition) is 2. The second-order valence-corrected chi connectivity index (χ2v) is 5.32. The lowest BCUT2D eigenvalue weighted by Gasteiger charge is -2.24. The number of carbonyl (C=O) groups is 1. The molecule has 0 aliphatic carbocycles. The first kappa shape index (κ1) is 14.3. The van der Waals surface area contributed by atoms with Gasteiger partial charge in [0.2, 0.25) is 5.91 Å². The molecule has 0 fully saturated rings. The molecule has 0 atom stereocenters. The molecule has 20 heavy (non-hydrogen) atoms. The first-order valence-electron chi connectivity index (χ1n) is 6.84. The first-order valence-corrected chi connectivity index (χ1v) is 6.84. The van der Waals surface area contributed by atoms with Gasteiger partial charge >= 0.3 is 0 Å². The smallest absolute Gasteiger partial charge is 0.230 e. The maximum atomic E-state index is 12.3. The van der Waals surface area contributed by atoms with E-state index in [9.17, 15) is 4.79 Å². The Morgan fingerprint density at radius 1 is 1.10 bits per heavy atom. The van der Waals surface area contributed by atoms with E-state index in [0.29, 0.717) is 6.54 Å². The maximum Gasteiger partial charge on any atom is 0.230 e. The van der Waals surface area contributed by atoms with Crippen molar-refractivity contribution in [1.82, 2.24) is 10.3 Å². The second-order valence-electron chi connectivity index (χ2n) is 5.32. The minimum Gasteiger partial charge on any atom is -0.355 e. The molecule has 0 saturated heterocycles. The molecule has 1 aromatic carbocycles. The molecule has 1 amide bonds. The number of aromatic nitrogens is 1. The van der Waals surface area contributed by atoms with E-state index in [1.54, 1.807) is 6.20 Å². The first-order chi connectivity index (χ1) is 9.60. The molecule has 0 bridgehead atoms. The topological polar surface area (TPSA) is 42.0 Å². The van der Waals surface area contributed by atoms with E-state index in [-0.39, 0.29) is 5.91 Å². The number of carbonyl (C=O) groups excluding carboxylic acids is 1. The lowest BCUT2D eigenvalue weighted by Crippen LogP contribution is -2.40. The number of amides is 1. The summed E-state index contributed by atoms with van der Waals surface area (Å²) in [5.74, 6) is 0.0413. The van der Waals surface area contributed by atoms with Crippen LogP contribution in [0.15, 0.2) is 54.7 Å². The van der Waals surface area contributed by atoms with Crippen LogP contribution in [0.2, 0.25) is 0 Å². The Labute approximate surface area is 120 Å². The van der Waals surface area contributed by atoms with Gasteiger partial charge in [0.25, 0.3) is 0 Å². The third-order valence-corrected chi connectivity index (χ3v) is 3.46. The van der Waals surface area contributed by atoms with Gasteiger partial charge in [0.1, 0.15) is 0 Å². The highest BCUT2D eigenvalue weighted by Gasteiger charge is 2.28. The fourth-order valence-electron chi connectivity index (χ4n) is 2.06. The highest BCUT2D eigenvalue weighted by Crippen LogP contribution is 2.22. The predicted molar refractivity (Wildman–Crippen MR) is 80.4 cm³/mol. The summed E-state index contributed by atoms with van der Waals surface area (Å²) in [4.78, 5) is 16.6. The molecule has 0 aliphatic heterocycles. The Hall–Kier alpha value is -2.16. The van der Waals surface area contributed by atoms with E-state index in [2.05, 4.69) is 10.3 Å². The Morgan fingerprint density at radius 3 is 2.45 bits per heavy atom. The Morgan fingerprint density at radius 2 is 1.80 bits per heavy atom. The van der Waals surface area contributed by atoms with Gasteiger partial charge in [0.15, 0.2) is 0 Å². The molecular formula is C17H20N2O. The molecule has 1 aromatic heterocycles. The summed E-state index contributed by atoms with van der Waals surface area (Å²) >= 11 is 0. The van der Waals surface area contributed by atoms with Gasteiger partial charge in [0.05, 0.1) is 5.41 Å². The summed E-state index contributed by atoms with van der Waals surface area (Å²) in [6.07, 6.45) is 2.52. The average molecular weight is 268 g/mol. The van der Waals surface area contributed by atoms with Crippen LogP contribution in [0.4, 0.5) is 0 Å². The van der Waals surface area contributed by atoms with Gasteiger partial charge in [-0.1, -0.05) is 36.4 Å². The van der Waals surface area contributed by atoms with Crippen LogP contribution in [0, 0.1) is 0 Å². The van der Waals surface area contributed by atoms with Crippen LogP contribution in [0.1, 0.15) is 25.1 Å². The van der Waals surface area contributed by atoms with Crippen molar-refractivity contribution in [3.63, 3.8) is 0 Å². The maximum absolute atomic E-state index is 12.3. The molecule has 1 heterocycles. The average Bonchev–Trinajstić information content (AvgIpc) is 2.49. The van der Waals surface area contributed by atoms with Gasteiger partial charge in [-0.05, 0) is 31.5 Å². The SMILES string of the molecule is CC(C)(C(=O)NCCc1ccccn1)c1ccccc1. The number of nitrogens with one attached hydrogen (secondary N) is 1. The fourth-order valence-corrected chi connectivity index (χ4v) is 2.06. The van der Waals surface area contributed by atoms with Gasteiger partial charge < -0.3 is 5.32 Å². The van der Waals surface area contributed by atoms with Gasteiger partial charge in [0, 0.05) is 24.9 Å². The van der Waals surface area contributed by atoms with Gasteiger partial charge in [-0.15, -0.1) is 0 Å². The molecule has 3 heteroatoms. The molecule has 2 rings (SSSR count). The quantitative estimate of drug-likeness (QED) is 0.906. The lowest BCUT2D eigenvalue weighted by molar-refractivity contribution is -0.125. The van der Waals surface area contributed by atoms with Crippen LogP contribution in [-0.2, 0) is 16.6 Å². The predicted octanol–water partition coefficient (Wildman–Crippen LogP) is 2.72. The van der Waals surface area contributed by atoms with Crippen molar-refractivity contribution in [1.29, 1.82) is 0 Å². The largest absolute Gasteiger partial charge is 0.355 e. The zero-order valence-electron chi connectivity index (χ0n) is 12.0. The molecule has 104 valence electrons. The van der Waals surface area contributed by atoms with E-state index >= 15 is 0 Å². The minimum absolute atomic E-state index is 0.0413. The normalized spacial score (nSPS) is 11.1. The summed E-state index contributed by atoms with van der Waals surface area (Å²) in [5.41, 5.74) is 1.49. The Balaban J connectivity index is 1.91. The summed E-state index contributed by atoms with van der Waals surface area (Å²) < 4.78 is 0. The van der Waals surface area contributed by atoms with E-state index < -0.39 is 5.41 Å². The molecular weight excluding hydrogens is 248 g/mol. The number of benzene rings is 1. The van der Waals surface area contributed by atoms with Crippen LogP contribution < -0.4 is 5.32 Å². The van der Waals surface area contributed by atoms with Crippen molar-refractivity contribution in [3.05, 3.63) is 66.0 Å². The van der Waals surface area contributed by atoms with Gasteiger partial charge in [-0.25, -0.2) is 0 Å². The summed E-state index contributed by atoms with van der Waals surface area (Å²) in [5, 5.41) is 2.99. The molecule has 3 nitrogen and oxygen atoms in total. The Bertz CT molecular complexity index is 550. The van der Waals surface area contributed by atoms with E-state index in [1.807, 2.05) is 62.4 Å². The number of rotatable bonds is 5.